The second-order valence-electron chi connectivity index (χ2n) is 6.39. The lowest BCUT2D eigenvalue weighted by Crippen LogP contribution is -2.39. The van der Waals surface area contributed by atoms with E-state index < -0.39 is 4.92 Å². The first kappa shape index (κ1) is 18.4. The summed E-state index contributed by atoms with van der Waals surface area (Å²) in [6, 6.07) is 8.20. The monoisotopic (exact) mass is 377 g/mol. The Labute approximate surface area is 156 Å². The number of carbonyl (C=O) groups is 1. The molecule has 0 unspecified atom stereocenters. The molecule has 1 fully saturated rings. The molecule has 0 radical (unpaired) electrons. The average molecular weight is 378 g/mol. The van der Waals surface area contributed by atoms with Crippen molar-refractivity contribution in [2.75, 3.05) is 11.9 Å². The minimum absolute atomic E-state index is 0.144. The van der Waals surface area contributed by atoms with Crippen molar-refractivity contribution in [3.05, 3.63) is 57.5 Å². The zero-order valence-corrected chi connectivity index (χ0v) is 14.9. The second-order valence-corrected chi connectivity index (χ2v) is 6.83. The van der Waals surface area contributed by atoms with Crippen LogP contribution in [0.15, 0.2) is 41.0 Å². The van der Waals surface area contributed by atoms with Crippen molar-refractivity contribution in [3.63, 3.8) is 0 Å². The summed E-state index contributed by atoms with van der Waals surface area (Å²) in [6.45, 7) is 0.680. The number of hydrogen-bond acceptors (Lipinski definition) is 5. The SMILES string of the molecule is O=C(CN(Cc1ccco1)C1CCCC1)Nc1ccc(Cl)cc1[N+](=O)[O-]. The zero-order chi connectivity index (χ0) is 18.5. The van der Waals surface area contributed by atoms with Crippen LogP contribution in [0.4, 0.5) is 11.4 Å². The van der Waals surface area contributed by atoms with Crippen molar-refractivity contribution >= 4 is 28.9 Å². The number of halogens is 1. The van der Waals surface area contributed by atoms with Crippen molar-refractivity contribution in [3.8, 4) is 0 Å². The van der Waals surface area contributed by atoms with E-state index in [1.165, 1.54) is 18.2 Å². The van der Waals surface area contributed by atoms with Crippen molar-refractivity contribution in [1.82, 2.24) is 4.90 Å². The Kier molecular flexibility index (Phi) is 5.90. The lowest BCUT2D eigenvalue weighted by molar-refractivity contribution is -0.383. The van der Waals surface area contributed by atoms with Gasteiger partial charge in [0, 0.05) is 17.1 Å². The van der Waals surface area contributed by atoms with Gasteiger partial charge in [-0.25, -0.2) is 0 Å². The molecule has 1 amide bonds. The molecule has 0 bridgehead atoms. The Morgan fingerprint density at radius 1 is 1.35 bits per heavy atom. The molecule has 0 saturated heterocycles. The van der Waals surface area contributed by atoms with E-state index in [-0.39, 0.29) is 28.8 Å². The van der Waals surface area contributed by atoms with Gasteiger partial charge in [0.1, 0.15) is 11.4 Å². The van der Waals surface area contributed by atoms with Gasteiger partial charge >= 0.3 is 0 Å². The Bertz CT molecular complexity index is 773. The Hall–Kier alpha value is -2.38. The van der Waals surface area contributed by atoms with Gasteiger partial charge < -0.3 is 9.73 Å². The smallest absolute Gasteiger partial charge is 0.294 e. The molecular weight excluding hydrogens is 358 g/mol. The largest absolute Gasteiger partial charge is 0.468 e. The number of benzene rings is 1. The maximum Gasteiger partial charge on any atom is 0.294 e. The first-order valence-corrected chi connectivity index (χ1v) is 8.91. The number of furan rings is 1. The van der Waals surface area contributed by atoms with Gasteiger partial charge in [0.25, 0.3) is 5.69 Å². The van der Waals surface area contributed by atoms with Gasteiger partial charge in [-0.05, 0) is 37.1 Å². The van der Waals surface area contributed by atoms with E-state index >= 15 is 0 Å². The molecular formula is C18H20ClN3O4. The maximum absolute atomic E-state index is 12.5. The molecule has 1 aromatic carbocycles. The van der Waals surface area contributed by atoms with Crippen LogP contribution in [0.5, 0.6) is 0 Å². The van der Waals surface area contributed by atoms with Crippen LogP contribution in [-0.2, 0) is 11.3 Å². The molecule has 8 heteroatoms. The topological polar surface area (TPSA) is 88.6 Å². The van der Waals surface area contributed by atoms with Crippen molar-refractivity contribution < 1.29 is 14.1 Å². The van der Waals surface area contributed by atoms with Gasteiger partial charge in [-0.1, -0.05) is 24.4 Å². The van der Waals surface area contributed by atoms with Crippen LogP contribution in [0.1, 0.15) is 31.4 Å². The minimum Gasteiger partial charge on any atom is -0.468 e. The molecule has 26 heavy (non-hydrogen) atoms. The first-order chi connectivity index (χ1) is 12.5. The van der Waals surface area contributed by atoms with E-state index in [1.807, 2.05) is 12.1 Å². The summed E-state index contributed by atoms with van der Waals surface area (Å²) in [5.74, 6) is 0.496. The zero-order valence-electron chi connectivity index (χ0n) is 14.2. The number of nitrogens with one attached hydrogen (secondary N) is 1. The molecule has 0 aliphatic heterocycles. The average Bonchev–Trinajstić information content (AvgIpc) is 3.29. The molecule has 2 aromatic rings. The van der Waals surface area contributed by atoms with Gasteiger partial charge in [0.2, 0.25) is 5.91 Å². The summed E-state index contributed by atoms with van der Waals surface area (Å²) >= 11 is 5.81. The summed E-state index contributed by atoms with van der Waals surface area (Å²) in [5.41, 5.74) is -0.0712. The first-order valence-electron chi connectivity index (χ1n) is 8.53. The molecule has 0 atom stereocenters. The van der Waals surface area contributed by atoms with Crippen molar-refractivity contribution in [2.45, 2.75) is 38.3 Å². The van der Waals surface area contributed by atoms with E-state index in [1.54, 1.807) is 6.26 Å². The molecule has 1 N–H and O–H groups in total. The molecule has 1 saturated carbocycles. The van der Waals surface area contributed by atoms with Crippen molar-refractivity contribution in [2.24, 2.45) is 0 Å². The van der Waals surface area contributed by atoms with Crippen LogP contribution < -0.4 is 5.32 Å². The molecule has 1 aliphatic carbocycles. The predicted molar refractivity (Wildman–Crippen MR) is 98.1 cm³/mol. The highest BCUT2D eigenvalue weighted by Crippen LogP contribution is 2.28. The third-order valence-corrected chi connectivity index (χ3v) is 4.79. The van der Waals surface area contributed by atoms with E-state index in [2.05, 4.69) is 10.2 Å². The normalized spacial score (nSPS) is 14.7. The number of nitro groups is 1. The van der Waals surface area contributed by atoms with Crippen molar-refractivity contribution in [1.29, 1.82) is 0 Å². The van der Waals surface area contributed by atoms with E-state index in [9.17, 15) is 14.9 Å². The highest BCUT2D eigenvalue weighted by molar-refractivity contribution is 6.31. The summed E-state index contributed by atoms with van der Waals surface area (Å²) in [6.07, 6.45) is 5.97. The Morgan fingerprint density at radius 3 is 2.77 bits per heavy atom. The molecule has 3 rings (SSSR count). The van der Waals surface area contributed by atoms with Crippen LogP contribution in [0.2, 0.25) is 5.02 Å². The number of nitrogens with zero attached hydrogens (tertiary/aromatic N) is 2. The van der Waals surface area contributed by atoms with Gasteiger partial charge in [-0.15, -0.1) is 0 Å². The van der Waals surface area contributed by atoms with Crippen LogP contribution >= 0.6 is 11.6 Å². The molecule has 7 nitrogen and oxygen atoms in total. The molecule has 1 heterocycles. The Morgan fingerprint density at radius 2 is 2.12 bits per heavy atom. The number of rotatable bonds is 7. The second kappa shape index (κ2) is 8.33. The van der Waals surface area contributed by atoms with Gasteiger partial charge in [-0.3, -0.25) is 19.8 Å². The fourth-order valence-electron chi connectivity index (χ4n) is 3.32. The third-order valence-electron chi connectivity index (χ3n) is 4.56. The van der Waals surface area contributed by atoms with Gasteiger partial charge in [0.15, 0.2) is 0 Å². The number of amides is 1. The lowest BCUT2D eigenvalue weighted by Gasteiger charge is -2.27. The van der Waals surface area contributed by atoms with Crippen LogP contribution in [0, 0.1) is 10.1 Å². The predicted octanol–water partition coefficient (Wildman–Crippen LogP) is 4.22. The number of nitro benzene ring substituents is 1. The summed E-state index contributed by atoms with van der Waals surface area (Å²) in [4.78, 5) is 25.2. The third kappa shape index (κ3) is 4.62. The molecule has 0 spiro atoms. The quantitative estimate of drug-likeness (QED) is 0.576. The summed E-state index contributed by atoms with van der Waals surface area (Å²) in [7, 11) is 0. The number of anilines is 1. The van der Waals surface area contributed by atoms with Crippen LogP contribution in [-0.4, -0.2) is 28.3 Å². The molecule has 1 aliphatic rings. The van der Waals surface area contributed by atoms with Gasteiger partial charge in [-0.2, -0.15) is 0 Å². The van der Waals surface area contributed by atoms with E-state index in [0.717, 1.165) is 31.4 Å². The Balaban J connectivity index is 1.70. The van der Waals surface area contributed by atoms with Gasteiger partial charge in [0.05, 0.1) is 24.3 Å². The fraction of sp³-hybridized carbons (Fsp3) is 0.389. The van der Waals surface area contributed by atoms with Crippen LogP contribution in [0.25, 0.3) is 0 Å². The number of carbonyl (C=O) groups excluding carboxylic acids is 1. The van der Waals surface area contributed by atoms with E-state index in [4.69, 9.17) is 16.0 Å². The maximum atomic E-state index is 12.5. The van der Waals surface area contributed by atoms with Crippen LogP contribution in [0.3, 0.4) is 0 Å². The highest BCUT2D eigenvalue weighted by atomic mass is 35.5. The fourth-order valence-corrected chi connectivity index (χ4v) is 3.49. The lowest BCUT2D eigenvalue weighted by atomic mass is 10.2. The molecule has 1 aromatic heterocycles. The minimum atomic E-state index is -0.556. The number of hydrogen-bond donors (Lipinski definition) is 1. The van der Waals surface area contributed by atoms with E-state index in [0.29, 0.717) is 12.6 Å². The highest BCUT2D eigenvalue weighted by Gasteiger charge is 2.26. The summed E-state index contributed by atoms with van der Waals surface area (Å²) < 4.78 is 5.41. The molecule has 138 valence electrons. The standard InChI is InChI=1S/C18H20ClN3O4/c19-13-7-8-16(17(10-13)22(24)25)20-18(23)12-21(14-4-1-2-5-14)11-15-6-3-9-26-15/h3,6-10,14H,1-2,4-5,11-12H2,(H,20,23). The summed E-state index contributed by atoms with van der Waals surface area (Å²) in [5, 5.41) is 14.1.